The maximum Gasteiger partial charge on any atom is 0.194 e. The fraction of sp³-hybridized carbons (Fsp3) is 0.190. The van der Waals surface area contributed by atoms with Crippen molar-refractivity contribution in [2.75, 3.05) is 6.61 Å². The van der Waals surface area contributed by atoms with Crippen molar-refractivity contribution in [3.63, 3.8) is 0 Å². The summed E-state index contributed by atoms with van der Waals surface area (Å²) in [7, 11) is 0. The summed E-state index contributed by atoms with van der Waals surface area (Å²) in [4.78, 5) is 17.0. The summed E-state index contributed by atoms with van der Waals surface area (Å²) in [5, 5.41) is 11.8. The van der Waals surface area contributed by atoms with E-state index in [9.17, 15) is 10.1 Å². The van der Waals surface area contributed by atoms with Gasteiger partial charge in [0, 0.05) is 10.9 Å². The largest absolute Gasteiger partial charge is 0.485 e. The van der Waals surface area contributed by atoms with E-state index in [0.29, 0.717) is 10.8 Å². The molecule has 2 aromatic carbocycles. The summed E-state index contributed by atoms with van der Waals surface area (Å²) < 4.78 is 5.65. The van der Waals surface area contributed by atoms with Crippen molar-refractivity contribution in [3.05, 3.63) is 70.0 Å². The molecule has 1 atom stereocenters. The second-order valence-electron chi connectivity index (χ2n) is 5.95. The molecule has 0 aliphatic rings. The van der Waals surface area contributed by atoms with Gasteiger partial charge in [0.15, 0.2) is 11.7 Å². The van der Waals surface area contributed by atoms with Crippen molar-refractivity contribution in [2.24, 2.45) is 0 Å². The summed E-state index contributed by atoms with van der Waals surface area (Å²) in [5.74, 6) is -0.538. The Kier molecular flexibility index (Phi) is 5.45. The van der Waals surface area contributed by atoms with E-state index in [1.54, 1.807) is 0 Å². The van der Waals surface area contributed by atoms with Crippen LogP contribution in [-0.4, -0.2) is 17.4 Å². The molecule has 4 nitrogen and oxygen atoms in total. The lowest BCUT2D eigenvalue weighted by Crippen LogP contribution is -2.19. The molecule has 26 heavy (non-hydrogen) atoms. The quantitative estimate of drug-likeness (QED) is 0.638. The van der Waals surface area contributed by atoms with E-state index >= 15 is 0 Å². The maximum absolute atomic E-state index is 12.5. The fourth-order valence-electron chi connectivity index (χ4n) is 2.54. The number of nitriles is 1. The van der Waals surface area contributed by atoms with Crippen LogP contribution >= 0.6 is 11.3 Å². The number of thiazole rings is 1. The minimum atomic E-state index is -0.914. The van der Waals surface area contributed by atoms with E-state index in [2.05, 4.69) is 11.1 Å². The molecule has 0 aliphatic heterocycles. The van der Waals surface area contributed by atoms with Gasteiger partial charge in [-0.2, -0.15) is 5.26 Å². The van der Waals surface area contributed by atoms with Crippen molar-refractivity contribution >= 4 is 17.1 Å². The number of benzene rings is 2. The summed E-state index contributed by atoms with van der Waals surface area (Å²) in [6.45, 7) is 3.79. The zero-order valence-corrected chi connectivity index (χ0v) is 15.4. The number of carbonyl (C=O) groups is 1. The first-order chi connectivity index (χ1) is 12.6. The highest BCUT2D eigenvalue weighted by Crippen LogP contribution is 2.27. The lowest BCUT2D eigenvalue weighted by atomic mass is 10.1. The smallest absolute Gasteiger partial charge is 0.194 e. The number of hydrogen-bond donors (Lipinski definition) is 0. The van der Waals surface area contributed by atoms with Crippen LogP contribution in [0.4, 0.5) is 0 Å². The van der Waals surface area contributed by atoms with Crippen LogP contribution in [0.3, 0.4) is 0 Å². The average Bonchev–Trinajstić information content (AvgIpc) is 3.14. The molecule has 0 N–H and O–H groups in total. The van der Waals surface area contributed by atoms with E-state index in [1.807, 2.05) is 67.8 Å². The van der Waals surface area contributed by atoms with E-state index in [4.69, 9.17) is 4.74 Å². The van der Waals surface area contributed by atoms with Crippen LogP contribution in [0, 0.1) is 25.2 Å². The molecule has 0 saturated carbocycles. The van der Waals surface area contributed by atoms with Crippen LogP contribution in [0.1, 0.15) is 22.1 Å². The van der Waals surface area contributed by atoms with Gasteiger partial charge in [-0.25, -0.2) is 4.98 Å². The highest BCUT2D eigenvalue weighted by molar-refractivity contribution is 7.10. The van der Waals surface area contributed by atoms with Gasteiger partial charge in [0.05, 0.1) is 11.8 Å². The Morgan fingerprint density at radius 3 is 2.69 bits per heavy atom. The van der Waals surface area contributed by atoms with Crippen LogP contribution in [0.5, 0.6) is 5.75 Å². The number of carbonyl (C=O) groups excluding carboxylic acids is 1. The van der Waals surface area contributed by atoms with Gasteiger partial charge in [-0.3, -0.25) is 4.79 Å². The van der Waals surface area contributed by atoms with Crippen LogP contribution in [0.2, 0.25) is 0 Å². The molecule has 1 aromatic heterocycles. The monoisotopic (exact) mass is 362 g/mol. The first-order valence-electron chi connectivity index (χ1n) is 8.22. The van der Waals surface area contributed by atoms with Crippen molar-refractivity contribution in [1.82, 2.24) is 4.98 Å². The molecule has 5 heteroatoms. The number of nitrogens with zero attached hydrogens (tertiary/aromatic N) is 2. The Balaban J connectivity index is 1.73. The molecule has 0 amide bonds. The van der Waals surface area contributed by atoms with Gasteiger partial charge in [-0.15, -0.1) is 11.3 Å². The predicted octanol–water partition coefficient (Wildman–Crippen LogP) is 4.68. The molecule has 0 saturated heterocycles. The van der Waals surface area contributed by atoms with Crippen molar-refractivity contribution in [3.8, 4) is 23.1 Å². The number of rotatable bonds is 6. The first-order valence-corrected chi connectivity index (χ1v) is 9.10. The van der Waals surface area contributed by atoms with Gasteiger partial charge < -0.3 is 4.74 Å². The Hall–Kier alpha value is -2.97. The average molecular weight is 362 g/mol. The molecule has 0 fully saturated rings. The standard InChI is InChI=1S/C21H18N2O2S/c1-14-7-6-10-20(15(14)2)25-12-19(24)17(11-22)21-23-18(13-26-21)16-8-4-3-5-9-16/h3-10,13,17H,12H2,1-2H3. The molecule has 0 aliphatic carbocycles. The highest BCUT2D eigenvalue weighted by atomic mass is 32.1. The van der Waals surface area contributed by atoms with Gasteiger partial charge in [0.1, 0.15) is 17.4 Å². The highest BCUT2D eigenvalue weighted by Gasteiger charge is 2.24. The van der Waals surface area contributed by atoms with Crippen LogP contribution in [0.15, 0.2) is 53.9 Å². The topological polar surface area (TPSA) is 63.0 Å². The van der Waals surface area contributed by atoms with E-state index in [0.717, 1.165) is 22.4 Å². The van der Waals surface area contributed by atoms with Gasteiger partial charge in [0.25, 0.3) is 0 Å². The fourth-order valence-corrected chi connectivity index (χ4v) is 3.43. The number of ketones is 1. The Morgan fingerprint density at radius 2 is 1.96 bits per heavy atom. The van der Waals surface area contributed by atoms with Crippen LogP contribution in [-0.2, 0) is 4.79 Å². The zero-order valence-electron chi connectivity index (χ0n) is 14.6. The Morgan fingerprint density at radius 1 is 1.19 bits per heavy atom. The Bertz CT molecular complexity index is 958. The molecule has 1 heterocycles. The second kappa shape index (κ2) is 7.94. The van der Waals surface area contributed by atoms with Gasteiger partial charge in [-0.05, 0) is 31.0 Å². The molecule has 1 unspecified atom stereocenters. The first kappa shape index (κ1) is 17.8. The van der Waals surface area contributed by atoms with Crippen molar-refractivity contribution in [1.29, 1.82) is 5.26 Å². The van der Waals surface area contributed by atoms with E-state index in [-0.39, 0.29) is 12.4 Å². The number of aryl methyl sites for hydroxylation is 1. The lowest BCUT2D eigenvalue weighted by molar-refractivity contribution is -0.121. The SMILES string of the molecule is Cc1cccc(OCC(=O)C(C#N)c2nc(-c3ccccc3)cs2)c1C. The summed E-state index contributed by atoms with van der Waals surface area (Å²) in [5.41, 5.74) is 3.83. The van der Waals surface area contributed by atoms with Crippen LogP contribution in [0.25, 0.3) is 11.3 Å². The molecule has 0 spiro atoms. The summed E-state index contributed by atoms with van der Waals surface area (Å²) >= 11 is 1.32. The van der Waals surface area contributed by atoms with Gasteiger partial charge in [0.2, 0.25) is 0 Å². The number of Topliss-reactive ketones (excluding diaryl/α,β-unsaturated/α-hetero) is 1. The lowest BCUT2D eigenvalue weighted by Gasteiger charge is -2.11. The molecule has 130 valence electrons. The third-order valence-corrected chi connectivity index (χ3v) is 5.12. The molecular formula is C21H18N2O2S. The maximum atomic E-state index is 12.5. The summed E-state index contributed by atoms with van der Waals surface area (Å²) in [6.07, 6.45) is 0. The normalized spacial score (nSPS) is 11.6. The van der Waals surface area contributed by atoms with E-state index < -0.39 is 5.92 Å². The van der Waals surface area contributed by atoms with Gasteiger partial charge in [-0.1, -0.05) is 42.5 Å². The van der Waals surface area contributed by atoms with Crippen molar-refractivity contribution < 1.29 is 9.53 Å². The number of aromatic nitrogens is 1. The minimum Gasteiger partial charge on any atom is -0.485 e. The molecular weight excluding hydrogens is 344 g/mol. The van der Waals surface area contributed by atoms with E-state index in [1.165, 1.54) is 11.3 Å². The minimum absolute atomic E-state index is 0.150. The third kappa shape index (κ3) is 3.81. The zero-order chi connectivity index (χ0) is 18.5. The second-order valence-corrected chi connectivity index (χ2v) is 6.84. The predicted molar refractivity (Wildman–Crippen MR) is 102 cm³/mol. The van der Waals surface area contributed by atoms with Crippen LogP contribution < -0.4 is 4.74 Å². The summed E-state index contributed by atoms with van der Waals surface area (Å²) in [6, 6.07) is 17.5. The number of hydrogen-bond acceptors (Lipinski definition) is 5. The molecule has 3 rings (SSSR count). The molecule has 0 radical (unpaired) electrons. The molecule has 0 bridgehead atoms. The number of ether oxygens (including phenoxy) is 1. The Labute approximate surface area is 156 Å². The third-order valence-electron chi connectivity index (χ3n) is 4.21. The van der Waals surface area contributed by atoms with Gasteiger partial charge >= 0.3 is 0 Å². The molecule has 3 aromatic rings. The van der Waals surface area contributed by atoms with Crippen molar-refractivity contribution in [2.45, 2.75) is 19.8 Å².